The number of nitrogens with two attached hydrogens (primary N) is 1. The summed E-state index contributed by atoms with van der Waals surface area (Å²) in [6, 6.07) is 15.3. The summed E-state index contributed by atoms with van der Waals surface area (Å²) in [5, 5.41) is 25.1. The van der Waals surface area contributed by atoms with Crippen molar-refractivity contribution >= 4 is 34.6 Å². The lowest BCUT2D eigenvalue weighted by molar-refractivity contribution is 0.00578. The highest BCUT2D eigenvalue weighted by Crippen LogP contribution is 2.37. The van der Waals surface area contributed by atoms with Crippen LogP contribution in [-0.4, -0.2) is 81.9 Å². The summed E-state index contributed by atoms with van der Waals surface area (Å²) >= 11 is 3.28. The molecule has 7 rings (SSSR count). The van der Waals surface area contributed by atoms with Crippen LogP contribution in [0, 0.1) is 17.5 Å². The Morgan fingerprint density at radius 3 is 1.53 bits per heavy atom. The first kappa shape index (κ1) is 54.4. The van der Waals surface area contributed by atoms with E-state index in [1.165, 1.54) is 39.8 Å². The molecule has 6 aromatic rings. The third kappa shape index (κ3) is 14.4. The highest BCUT2D eigenvalue weighted by atomic mass is 79.9. The molecule has 4 heterocycles. The van der Waals surface area contributed by atoms with E-state index in [2.05, 4.69) is 51.8 Å². The molecular formula is C48H57BBrF3N8O7. The molecule has 15 nitrogen and oxygen atoms in total. The number of nitrogens with zero attached hydrogens (tertiary/aromatic N) is 6. The number of carbonyl (C=O) groups is 1. The maximum atomic E-state index is 14.7. The maximum absolute atomic E-state index is 14.7. The fraction of sp³-hybridized carbons (Fsp3) is 0.354. The Kier molecular flexibility index (Phi) is 19.8. The molecule has 0 unspecified atom stereocenters. The molecule has 3 aromatic carbocycles. The Morgan fingerprint density at radius 1 is 0.676 bits per heavy atom. The normalized spacial score (nSPS) is 13.3. The van der Waals surface area contributed by atoms with Gasteiger partial charge in [0.05, 0.1) is 57.3 Å². The van der Waals surface area contributed by atoms with Crippen molar-refractivity contribution in [1.82, 2.24) is 35.9 Å². The van der Waals surface area contributed by atoms with E-state index in [-0.39, 0.29) is 54.3 Å². The smallest absolute Gasteiger partial charge is 0.494 e. The molecule has 0 spiro atoms. The van der Waals surface area contributed by atoms with Gasteiger partial charge in [-0.3, -0.25) is 0 Å². The molecule has 3 N–H and O–H groups in total. The number of methoxy groups -OCH3 is 3. The Labute approximate surface area is 404 Å². The van der Waals surface area contributed by atoms with E-state index in [9.17, 15) is 18.0 Å². The van der Waals surface area contributed by atoms with Crippen LogP contribution in [0.5, 0.6) is 17.2 Å². The summed E-state index contributed by atoms with van der Waals surface area (Å²) < 4.78 is 74.5. The molecule has 68 heavy (non-hydrogen) atoms. The van der Waals surface area contributed by atoms with Crippen molar-refractivity contribution in [3.05, 3.63) is 130 Å². The van der Waals surface area contributed by atoms with E-state index < -0.39 is 23.3 Å². The first-order chi connectivity index (χ1) is 32.2. The molecule has 1 aliphatic rings. The molecule has 1 fully saturated rings. The van der Waals surface area contributed by atoms with Gasteiger partial charge in [-0.15, -0.1) is 0 Å². The van der Waals surface area contributed by atoms with Crippen LogP contribution in [0.25, 0.3) is 22.3 Å². The second-order valence-electron chi connectivity index (χ2n) is 16.7. The van der Waals surface area contributed by atoms with Crippen LogP contribution < -0.4 is 30.7 Å². The minimum Gasteiger partial charge on any atom is -0.494 e. The van der Waals surface area contributed by atoms with E-state index >= 15 is 0 Å². The molecule has 3 aromatic heterocycles. The monoisotopic (exact) mass is 1000 g/mol. The van der Waals surface area contributed by atoms with Gasteiger partial charge in [0.2, 0.25) is 0 Å². The molecule has 0 atom stereocenters. The van der Waals surface area contributed by atoms with E-state index in [4.69, 9.17) is 34.0 Å². The number of halogens is 4. The number of aromatic nitrogens is 6. The number of rotatable bonds is 10. The Morgan fingerprint density at radius 2 is 1.12 bits per heavy atom. The lowest BCUT2D eigenvalue weighted by atomic mass is 9.81. The van der Waals surface area contributed by atoms with Crippen LogP contribution in [0.15, 0.2) is 96.3 Å². The second-order valence-corrected chi connectivity index (χ2v) is 17.6. The molecule has 1 aliphatic heterocycles. The number of hydrogen-bond acceptors (Lipinski definition) is 14. The number of carbonyl (C=O) groups excluding carboxylic acids is 1. The summed E-state index contributed by atoms with van der Waals surface area (Å²) in [4.78, 5) is 11.8. The second kappa shape index (κ2) is 24.7. The number of benzene rings is 3. The lowest BCUT2D eigenvalue weighted by Crippen LogP contribution is -2.41. The third-order valence-corrected chi connectivity index (χ3v) is 11.3. The average molecular weight is 1010 g/mol. The van der Waals surface area contributed by atoms with Gasteiger partial charge in [-0.2, -0.15) is 30.6 Å². The Balaban J connectivity index is 0.000000204. The van der Waals surface area contributed by atoms with Crippen molar-refractivity contribution in [3.8, 4) is 39.5 Å². The molecule has 0 saturated carbocycles. The third-order valence-electron chi connectivity index (χ3n) is 10.5. The Hall–Kier alpha value is -6.22. The van der Waals surface area contributed by atoms with E-state index in [0.29, 0.717) is 40.0 Å². The molecule has 1 amide bonds. The van der Waals surface area contributed by atoms with Gasteiger partial charge in [0.15, 0.2) is 34.7 Å². The zero-order chi connectivity index (χ0) is 50.2. The molecule has 362 valence electrons. The van der Waals surface area contributed by atoms with Gasteiger partial charge < -0.3 is 39.3 Å². The molecule has 0 bridgehead atoms. The SMILES string of the molecule is CC1(C)OB(c2ccnnc2)OC1(C)C.CCc1c(Br)ccc(OC)c1F.COc1ccc(-c2ccnnc2)c(CN)c1F.COc1ccc(-c2ccnnc2)c(CNC(=O)OC(C)(C)C)c1F. The summed E-state index contributed by atoms with van der Waals surface area (Å²) in [7, 11) is 3.93. The van der Waals surface area contributed by atoms with Crippen molar-refractivity contribution in [2.24, 2.45) is 5.73 Å². The summed E-state index contributed by atoms with van der Waals surface area (Å²) in [6.07, 6.45) is 9.51. The van der Waals surface area contributed by atoms with E-state index in [1.54, 1.807) is 88.0 Å². The number of nitrogens with one attached hydrogen (secondary N) is 1. The van der Waals surface area contributed by atoms with Crippen LogP contribution >= 0.6 is 15.9 Å². The summed E-state index contributed by atoms with van der Waals surface area (Å²) in [5.41, 5.74) is 9.38. The van der Waals surface area contributed by atoms with Crippen molar-refractivity contribution < 1.29 is 46.2 Å². The van der Waals surface area contributed by atoms with Crippen LogP contribution in [0.2, 0.25) is 0 Å². The van der Waals surface area contributed by atoms with Crippen molar-refractivity contribution in [1.29, 1.82) is 0 Å². The summed E-state index contributed by atoms with van der Waals surface area (Å²) in [5.74, 6) is -0.644. The fourth-order valence-corrected chi connectivity index (χ4v) is 6.87. The van der Waals surface area contributed by atoms with Crippen molar-refractivity contribution in [2.45, 2.75) is 91.7 Å². The minimum atomic E-state index is -0.630. The van der Waals surface area contributed by atoms with Crippen LogP contribution in [0.4, 0.5) is 18.0 Å². The van der Waals surface area contributed by atoms with Gasteiger partial charge >= 0.3 is 13.2 Å². The molecular weight excluding hydrogens is 948 g/mol. The van der Waals surface area contributed by atoms with Gasteiger partial charge in [-0.25, -0.2) is 18.0 Å². The zero-order valence-electron chi connectivity index (χ0n) is 40.0. The number of alkyl carbamates (subject to hydrolysis) is 1. The largest absolute Gasteiger partial charge is 0.496 e. The van der Waals surface area contributed by atoms with Crippen molar-refractivity contribution in [2.75, 3.05) is 21.3 Å². The molecule has 0 radical (unpaired) electrons. The fourth-order valence-electron chi connectivity index (χ4n) is 6.28. The number of amides is 1. The number of ether oxygens (including phenoxy) is 4. The quantitative estimate of drug-likeness (QED) is 0.124. The highest BCUT2D eigenvalue weighted by molar-refractivity contribution is 9.10. The van der Waals surface area contributed by atoms with Gasteiger partial charge in [-0.1, -0.05) is 35.0 Å². The molecule has 1 saturated heterocycles. The standard InChI is InChI=1S/C17H20FN3O3.C12H12FN3O.C10H15BN2O2.C9H10BrFO/c1-17(2,3)24-16(22)19-10-13-12(11-7-8-20-21-9-11)5-6-14(23-4)15(13)18;1-17-11-3-2-9(10(6-14)12(11)13)8-4-5-15-16-7-8;1-9(2)10(3,4)15-11(14-9)8-5-6-12-13-7-8;1-3-6-7(10)4-5-8(12-2)9(6)11/h5-9H,10H2,1-4H3,(H,19,22);2-5,7H,6,14H2,1H3;5-7H,1-4H3;4-5H,3H2,1-2H3. The topological polar surface area (TPSA) is 188 Å². The Bertz CT molecular complexity index is 2550. The predicted molar refractivity (Wildman–Crippen MR) is 257 cm³/mol. The van der Waals surface area contributed by atoms with E-state index in [1.807, 2.05) is 40.7 Å². The van der Waals surface area contributed by atoms with Crippen LogP contribution in [0.1, 0.15) is 72.1 Å². The summed E-state index contributed by atoms with van der Waals surface area (Å²) in [6.45, 7) is 15.3. The maximum Gasteiger partial charge on any atom is 0.496 e. The first-order valence-electron chi connectivity index (χ1n) is 21.3. The van der Waals surface area contributed by atoms with Gasteiger partial charge in [0.25, 0.3) is 0 Å². The average Bonchev–Trinajstić information content (AvgIpc) is 3.54. The predicted octanol–water partition coefficient (Wildman–Crippen LogP) is 9.00. The zero-order valence-corrected chi connectivity index (χ0v) is 41.6. The molecule has 20 heteroatoms. The van der Waals surface area contributed by atoms with Crippen molar-refractivity contribution in [3.63, 3.8) is 0 Å². The first-order valence-corrected chi connectivity index (χ1v) is 22.1. The van der Waals surface area contributed by atoms with E-state index in [0.717, 1.165) is 15.5 Å². The van der Waals surface area contributed by atoms with Gasteiger partial charge in [0, 0.05) is 63.2 Å². The highest BCUT2D eigenvalue weighted by Gasteiger charge is 2.51. The van der Waals surface area contributed by atoms with Gasteiger partial charge in [0.1, 0.15) is 5.60 Å². The van der Waals surface area contributed by atoms with Crippen LogP contribution in [-0.2, 0) is 33.6 Å². The molecule has 0 aliphatic carbocycles. The van der Waals surface area contributed by atoms with Crippen LogP contribution in [0.3, 0.4) is 0 Å². The lowest BCUT2D eigenvalue weighted by Gasteiger charge is -2.32. The minimum absolute atomic E-state index is 0.0460. The number of hydrogen-bond donors (Lipinski definition) is 2. The van der Waals surface area contributed by atoms with Gasteiger partial charge in [-0.05, 0) is 108 Å².